The first kappa shape index (κ1) is 12.9. The highest BCUT2D eigenvalue weighted by Crippen LogP contribution is 2.25. The SMILES string of the molecule is Cl/C=C/COc1ccc(Br)c(CNC2CC2)c1. The lowest BCUT2D eigenvalue weighted by Gasteiger charge is -2.09. The van der Waals surface area contributed by atoms with Gasteiger partial charge in [0.25, 0.3) is 0 Å². The van der Waals surface area contributed by atoms with Gasteiger partial charge in [-0.2, -0.15) is 0 Å². The molecule has 0 spiro atoms. The van der Waals surface area contributed by atoms with Crippen LogP contribution in [0.4, 0.5) is 0 Å². The van der Waals surface area contributed by atoms with Crippen molar-refractivity contribution < 1.29 is 4.74 Å². The predicted octanol–water partition coefficient (Wildman–Crippen LogP) is 3.83. The Morgan fingerprint density at radius 3 is 3.00 bits per heavy atom. The van der Waals surface area contributed by atoms with Crippen molar-refractivity contribution in [1.82, 2.24) is 5.32 Å². The Bertz CT molecular complexity index is 404. The normalized spacial score (nSPS) is 15.4. The molecule has 0 bridgehead atoms. The summed E-state index contributed by atoms with van der Waals surface area (Å²) in [4.78, 5) is 0. The van der Waals surface area contributed by atoms with Gasteiger partial charge in [-0.3, -0.25) is 0 Å². The Kier molecular flexibility index (Phi) is 4.89. The first-order valence-corrected chi connectivity index (χ1v) is 6.92. The quantitative estimate of drug-likeness (QED) is 0.861. The minimum atomic E-state index is 0.501. The Balaban J connectivity index is 1.94. The van der Waals surface area contributed by atoms with E-state index >= 15 is 0 Å². The van der Waals surface area contributed by atoms with E-state index in [0.29, 0.717) is 12.6 Å². The Morgan fingerprint density at radius 1 is 1.47 bits per heavy atom. The number of ether oxygens (including phenoxy) is 1. The maximum atomic E-state index is 5.54. The molecule has 0 unspecified atom stereocenters. The third kappa shape index (κ3) is 4.34. The van der Waals surface area contributed by atoms with Gasteiger partial charge in [-0.25, -0.2) is 0 Å². The standard InChI is InChI=1S/C13H15BrClNO/c14-13-5-4-12(17-7-1-6-15)8-10(13)9-16-11-2-3-11/h1,4-6,8,11,16H,2-3,7,9H2/b6-1+. The Labute approximate surface area is 115 Å². The highest BCUT2D eigenvalue weighted by atomic mass is 79.9. The first-order chi connectivity index (χ1) is 8.29. The monoisotopic (exact) mass is 315 g/mol. The Hall–Kier alpha value is -0.510. The van der Waals surface area contributed by atoms with Gasteiger partial charge in [0, 0.05) is 22.6 Å². The molecule has 0 aromatic heterocycles. The lowest BCUT2D eigenvalue weighted by molar-refractivity contribution is 0.362. The van der Waals surface area contributed by atoms with Crippen molar-refractivity contribution >= 4 is 27.5 Å². The average molecular weight is 317 g/mol. The van der Waals surface area contributed by atoms with Crippen LogP contribution in [0.25, 0.3) is 0 Å². The molecule has 92 valence electrons. The molecular weight excluding hydrogens is 302 g/mol. The second kappa shape index (κ2) is 6.43. The molecule has 4 heteroatoms. The van der Waals surface area contributed by atoms with Crippen LogP contribution in [0, 0.1) is 0 Å². The number of hydrogen-bond donors (Lipinski definition) is 1. The van der Waals surface area contributed by atoms with E-state index in [4.69, 9.17) is 16.3 Å². The summed E-state index contributed by atoms with van der Waals surface area (Å²) in [5, 5.41) is 3.49. The fourth-order valence-electron chi connectivity index (χ4n) is 1.50. The second-order valence-corrected chi connectivity index (χ2v) is 5.19. The summed E-state index contributed by atoms with van der Waals surface area (Å²) in [5.74, 6) is 0.871. The van der Waals surface area contributed by atoms with E-state index in [2.05, 4.69) is 27.3 Å². The van der Waals surface area contributed by atoms with E-state index in [9.17, 15) is 0 Å². The summed E-state index contributed by atoms with van der Waals surface area (Å²) in [5.41, 5.74) is 2.69. The topological polar surface area (TPSA) is 21.3 Å². The molecule has 0 saturated heterocycles. The van der Waals surface area contributed by atoms with Crippen LogP contribution >= 0.6 is 27.5 Å². The third-order valence-electron chi connectivity index (χ3n) is 2.61. The average Bonchev–Trinajstić information content (AvgIpc) is 3.14. The lowest BCUT2D eigenvalue weighted by Crippen LogP contribution is -2.15. The molecule has 0 heterocycles. The van der Waals surface area contributed by atoms with Crippen molar-refractivity contribution in [2.24, 2.45) is 0 Å². The van der Waals surface area contributed by atoms with Crippen molar-refractivity contribution in [3.63, 3.8) is 0 Å². The van der Waals surface area contributed by atoms with Crippen molar-refractivity contribution in [3.8, 4) is 5.75 Å². The number of halogens is 2. The smallest absolute Gasteiger partial charge is 0.120 e. The van der Waals surface area contributed by atoms with Gasteiger partial charge < -0.3 is 10.1 Å². The van der Waals surface area contributed by atoms with Crippen LogP contribution in [-0.4, -0.2) is 12.6 Å². The van der Waals surface area contributed by atoms with Crippen molar-refractivity contribution in [2.75, 3.05) is 6.61 Å². The van der Waals surface area contributed by atoms with E-state index in [1.54, 1.807) is 6.08 Å². The van der Waals surface area contributed by atoms with Gasteiger partial charge in [0.05, 0.1) is 0 Å². The summed E-state index contributed by atoms with van der Waals surface area (Å²) in [6, 6.07) is 6.74. The highest BCUT2D eigenvalue weighted by molar-refractivity contribution is 9.10. The molecule has 1 fully saturated rings. The van der Waals surface area contributed by atoms with Gasteiger partial charge in [-0.1, -0.05) is 27.5 Å². The summed E-state index contributed by atoms with van der Waals surface area (Å²) >= 11 is 8.99. The van der Waals surface area contributed by atoms with Crippen LogP contribution in [0.3, 0.4) is 0 Å². The van der Waals surface area contributed by atoms with Gasteiger partial charge in [-0.15, -0.1) is 0 Å². The molecule has 0 radical (unpaired) electrons. The second-order valence-electron chi connectivity index (χ2n) is 4.08. The van der Waals surface area contributed by atoms with Crippen molar-refractivity contribution in [1.29, 1.82) is 0 Å². The largest absolute Gasteiger partial charge is 0.489 e. The number of hydrogen-bond acceptors (Lipinski definition) is 2. The van der Waals surface area contributed by atoms with Crippen molar-refractivity contribution in [2.45, 2.75) is 25.4 Å². The molecule has 17 heavy (non-hydrogen) atoms. The molecule has 1 aromatic carbocycles. The van der Waals surface area contributed by atoms with Gasteiger partial charge in [0.2, 0.25) is 0 Å². The summed E-state index contributed by atoms with van der Waals surface area (Å²) < 4.78 is 6.66. The predicted molar refractivity (Wildman–Crippen MR) is 74.5 cm³/mol. The summed E-state index contributed by atoms with van der Waals surface area (Å²) in [6.45, 7) is 1.38. The molecule has 1 aliphatic carbocycles. The molecule has 1 saturated carbocycles. The van der Waals surface area contributed by atoms with Crippen LogP contribution in [0.2, 0.25) is 0 Å². The highest BCUT2D eigenvalue weighted by Gasteiger charge is 2.20. The molecule has 1 aromatic rings. The van der Waals surface area contributed by atoms with Crippen LogP contribution in [-0.2, 0) is 6.54 Å². The first-order valence-electron chi connectivity index (χ1n) is 5.69. The van der Waals surface area contributed by atoms with Crippen molar-refractivity contribution in [3.05, 3.63) is 39.8 Å². The molecule has 0 atom stereocenters. The van der Waals surface area contributed by atoms with Crippen LogP contribution in [0.1, 0.15) is 18.4 Å². The molecule has 0 amide bonds. The maximum Gasteiger partial charge on any atom is 0.120 e. The zero-order valence-electron chi connectivity index (χ0n) is 9.46. The molecule has 1 aliphatic rings. The van der Waals surface area contributed by atoms with Gasteiger partial charge in [0.1, 0.15) is 12.4 Å². The van der Waals surface area contributed by atoms with E-state index in [1.165, 1.54) is 23.9 Å². The zero-order chi connectivity index (χ0) is 12.1. The third-order valence-corrected chi connectivity index (χ3v) is 3.56. The zero-order valence-corrected chi connectivity index (χ0v) is 11.8. The van der Waals surface area contributed by atoms with E-state index in [-0.39, 0.29) is 0 Å². The molecule has 1 N–H and O–H groups in total. The van der Waals surface area contributed by atoms with E-state index in [0.717, 1.165) is 16.8 Å². The fraction of sp³-hybridized carbons (Fsp3) is 0.385. The van der Waals surface area contributed by atoms with Gasteiger partial charge >= 0.3 is 0 Å². The Morgan fingerprint density at radius 2 is 2.29 bits per heavy atom. The number of benzene rings is 1. The maximum absolute atomic E-state index is 5.54. The molecule has 2 rings (SSSR count). The summed E-state index contributed by atoms with van der Waals surface area (Å²) in [7, 11) is 0. The van der Waals surface area contributed by atoms with Gasteiger partial charge in [-0.05, 0) is 42.7 Å². The minimum Gasteiger partial charge on any atom is -0.489 e. The number of nitrogens with one attached hydrogen (secondary N) is 1. The van der Waals surface area contributed by atoms with Crippen LogP contribution < -0.4 is 10.1 Å². The molecule has 2 nitrogen and oxygen atoms in total. The van der Waals surface area contributed by atoms with Crippen LogP contribution in [0.5, 0.6) is 5.75 Å². The molecule has 0 aliphatic heterocycles. The van der Waals surface area contributed by atoms with E-state index in [1.807, 2.05) is 12.1 Å². The number of rotatable bonds is 6. The lowest BCUT2D eigenvalue weighted by atomic mass is 10.2. The van der Waals surface area contributed by atoms with Crippen LogP contribution in [0.15, 0.2) is 34.3 Å². The molecular formula is C13H15BrClNO. The van der Waals surface area contributed by atoms with E-state index < -0.39 is 0 Å². The van der Waals surface area contributed by atoms with Gasteiger partial charge in [0.15, 0.2) is 0 Å². The minimum absolute atomic E-state index is 0.501. The fourth-order valence-corrected chi connectivity index (χ4v) is 1.96. The summed E-state index contributed by atoms with van der Waals surface area (Å²) in [6.07, 6.45) is 4.37.